The van der Waals surface area contributed by atoms with Gasteiger partial charge in [0.15, 0.2) is 0 Å². The second-order valence-electron chi connectivity index (χ2n) is 5.05. The van der Waals surface area contributed by atoms with Gasteiger partial charge in [-0.2, -0.15) is 0 Å². The molecule has 0 bridgehead atoms. The van der Waals surface area contributed by atoms with Crippen LogP contribution in [0.1, 0.15) is 29.2 Å². The van der Waals surface area contributed by atoms with Gasteiger partial charge in [-0.05, 0) is 30.5 Å². The van der Waals surface area contributed by atoms with E-state index in [1.165, 1.54) is 17.5 Å². The van der Waals surface area contributed by atoms with Crippen molar-refractivity contribution in [1.29, 1.82) is 0 Å². The monoisotopic (exact) mass is 238 g/mol. The van der Waals surface area contributed by atoms with Crippen molar-refractivity contribution in [2.75, 3.05) is 0 Å². The lowest BCUT2D eigenvalue weighted by molar-refractivity contribution is 0.671. The minimum absolute atomic E-state index is 0.633. The minimum atomic E-state index is 0.633. The molecular formula is C16H18N2. The third-order valence-electron chi connectivity index (χ3n) is 3.56. The van der Waals surface area contributed by atoms with Crippen molar-refractivity contribution in [3.8, 4) is 0 Å². The Morgan fingerprint density at radius 2 is 2.00 bits per heavy atom. The fraction of sp³-hybridized carbons (Fsp3) is 0.312. The maximum Gasteiger partial charge on any atom is 0.0372 e. The number of hydrogen-bond acceptors (Lipinski definition) is 2. The van der Waals surface area contributed by atoms with Gasteiger partial charge in [-0.1, -0.05) is 36.4 Å². The van der Waals surface area contributed by atoms with Crippen LogP contribution in [0.2, 0.25) is 0 Å². The van der Waals surface area contributed by atoms with Gasteiger partial charge in [0.2, 0.25) is 0 Å². The topological polar surface area (TPSA) is 24.9 Å². The highest BCUT2D eigenvalue weighted by Gasteiger charge is 2.37. The molecular weight excluding hydrogens is 220 g/mol. The molecule has 92 valence electrons. The molecule has 0 amide bonds. The zero-order chi connectivity index (χ0) is 12.4. The van der Waals surface area contributed by atoms with Gasteiger partial charge in [0, 0.05) is 30.4 Å². The van der Waals surface area contributed by atoms with Gasteiger partial charge in [-0.15, -0.1) is 0 Å². The standard InChI is InChI=1S/C16H18N2/c1-12-7-8-13(10-17-12)11-18-16-9-15(16)14-5-3-2-4-6-14/h2-8,10,15-16,18H,9,11H2,1H3. The summed E-state index contributed by atoms with van der Waals surface area (Å²) in [7, 11) is 0. The predicted molar refractivity (Wildman–Crippen MR) is 73.4 cm³/mol. The van der Waals surface area contributed by atoms with Crippen molar-refractivity contribution in [1.82, 2.24) is 10.3 Å². The van der Waals surface area contributed by atoms with Crippen molar-refractivity contribution in [2.24, 2.45) is 0 Å². The molecule has 1 aromatic carbocycles. The van der Waals surface area contributed by atoms with Crippen LogP contribution in [-0.4, -0.2) is 11.0 Å². The predicted octanol–water partition coefficient (Wildman–Crippen LogP) is 3.04. The molecule has 1 fully saturated rings. The third-order valence-corrected chi connectivity index (χ3v) is 3.56. The van der Waals surface area contributed by atoms with E-state index in [1.54, 1.807) is 0 Å². The molecule has 1 N–H and O–H groups in total. The first kappa shape index (κ1) is 11.4. The highest BCUT2D eigenvalue weighted by atomic mass is 15.0. The van der Waals surface area contributed by atoms with Crippen LogP contribution in [0, 0.1) is 6.92 Å². The summed E-state index contributed by atoms with van der Waals surface area (Å²) in [6.07, 6.45) is 3.21. The fourth-order valence-corrected chi connectivity index (χ4v) is 2.34. The maximum atomic E-state index is 4.31. The minimum Gasteiger partial charge on any atom is -0.309 e. The van der Waals surface area contributed by atoms with Crippen LogP contribution in [0.25, 0.3) is 0 Å². The SMILES string of the molecule is Cc1ccc(CNC2CC2c2ccccc2)cn1. The van der Waals surface area contributed by atoms with Crippen LogP contribution >= 0.6 is 0 Å². The van der Waals surface area contributed by atoms with Gasteiger partial charge in [0.1, 0.15) is 0 Å². The van der Waals surface area contributed by atoms with E-state index >= 15 is 0 Å². The van der Waals surface area contributed by atoms with Crippen LogP contribution in [0.3, 0.4) is 0 Å². The van der Waals surface area contributed by atoms with E-state index in [2.05, 4.69) is 52.8 Å². The van der Waals surface area contributed by atoms with E-state index in [0.717, 1.165) is 12.2 Å². The van der Waals surface area contributed by atoms with E-state index in [1.807, 2.05) is 13.1 Å². The molecule has 3 rings (SSSR count). The van der Waals surface area contributed by atoms with Gasteiger partial charge in [0.25, 0.3) is 0 Å². The quantitative estimate of drug-likeness (QED) is 0.885. The first-order valence-electron chi connectivity index (χ1n) is 6.53. The highest BCUT2D eigenvalue weighted by molar-refractivity contribution is 5.27. The maximum absolute atomic E-state index is 4.31. The number of nitrogens with one attached hydrogen (secondary N) is 1. The summed E-state index contributed by atoms with van der Waals surface area (Å²) in [5.74, 6) is 0.699. The van der Waals surface area contributed by atoms with Crippen LogP contribution in [-0.2, 0) is 6.54 Å². The van der Waals surface area contributed by atoms with Gasteiger partial charge < -0.3 is 5.32 Å². The largest absolute Gasteiger partial charge is 0.309 e. The number of aryl methyl sites for hydroxylation is 1. The average molecular weight is 238 g/mol. The Labute approximate surface area is 108 Å². The van der Waals surface area contributed by atoms with E-state index in [0.29, 0.717) is 12.0 Å². The summed E-state index contributed by atoms with van der Waals surface area (Å²) in [5, 5.41) is 3.60. The number of rotatable bonds is 4. The van der Waals surface area contributed by atoms with Crippen LogP contribution in [0.5, 0.6) is 0 Å². The fourth-order valence-electron chi connectivity index (χ4n) is 2.34. The number of pyridine rings is 1. The van der Waals surface area contributed by atoms with Crippen LogP contribution in [0.4, 0.5) is 0 Å². The zero-order valence-corrected chi connectivity index (χ0v) is 10.6. The molecule has 2 aromatic rings. The first-order chi connectivity index (χ1) is 8.83. The highest BCUT2D eigenvalue weighted by Crippen LogP contribution is 2.40. The number of hydrogen-bond donors (Lipinski definition) is 1. The molecule has 0 radical (unpaired) electrons. The van der Waals surface area contributed by atoms with E-state index in [9.17, 15) is 0 Å². The van der Waals surface area contributed by atoms with Crippen LogP contribution < -0.4 is 5.32 Å². The van der Waals surface area contributed by atoms with Crippen molar-refractivity contribution in [3.63, 3.8) is 0 Å². The average Bonchev–Trinajstić information content (AvgIpc) is 3.19. The van der Waals surface area contributed by atoms with Crippen LogP contribution in [0.15, 0.2) is 48.7 Å². The Morgan fingerprint density at radius 1 is 1.17 bits per heavy atom. The molecule has 1 heterocycles. The molecule has 2 heteroatoms. The van der Waals surface area contributed by atoms with Crippen molar-refractivity contribution in [2.45, 2.75) is 31.8 Å². The summed E-state index contributed by atoms with van der Waals surface area (Å²) in [4.78, 5) is 4.31. The van der Waals surface area contributed by atoms with E-state index in [4.69, 9.17) is 0 Å². The van der Waals surface area contributed by atoms with E-state index < -0.39 is 0 Å². The normalized spacial score (nSPS) is 21.8. The van der Waals surface area contributed by atoms with Crippen molar-refractivity contribution < 1.29 is 0 Å². The Kier molecular flexibility index (Phi) is 3.11. The van der Waals surface area contributed by atoms with E-state index in [-0.39, 0.29) is 0 Å². The summed E-state index contributed by atoms with van der Waals surface area (Å²) in [6, 6.07) is 15.6. The molecule has 2 atom stereocenters. The van der Waals surface area contributed by atoms with Crippen molar-refractivity contribution in [3.05, 3.63) is 65.5 Å². The second-order valence-corrected chi connectivity index (χ2v) is 5.05. The molecule has 0 saturated heterocycles. The molecule has 1 aromatic heterocycles. The Bertz CT molecular complexity index is 504. The lowest BCUT2D eigenvalue weighted by Gasteiger charge is -2.04. The van der Waals surface area contributed by atoms with Gasteiger partial charge >= 0.3 is 0 Å². The Hall–Kier alpha value is -1.67. The van der Waals surface area contributed by atoms with Gasteiger partial charge in [0.05, 0.1) is 0 Å². The smallest absolute Gasteiger partial charge is 0.0372 e. The third kappa shape index (κ3) is 2.59. The molecule has 18 heavy (non-hydrogen) atoms. The number of nitrogens with zero attached hydrogens (tertiary/aromatic N) is 1. The van der Waals surface area contributed by atoms with Gasteiger partial charge in [-0.3, -0.25) is 4.98 Å². The first-order valence-corrected chi connectivity index (χ1v) is 6.53. The lowest BCUT2D eigenvalue weighted by atomic mass is 10.1. The number of benzene rings is 1. The summed E-state index contributed by atoms with van der Waals surface area (Å²) in [6.45, 7) is 2.94. The Balaban J connectivity index is 1.53. The molecule has 1 aliphatic carbocycles. The number of aromatic nitrogens is 1. The molecule has 2 nitrogen and oxygen atoms in total. The molecule has 0 spiro atoms. The lowest BCUT2D eigenvalue weighted by Crippen LogP contribution is -2.17. The van der Waals surface area contributed by atoms with Crippen molar-refractivity contribution >= 4 is 0 Å². The second kappa shape index (κ2) is 4.91. The van der Waals surface area contributed by atoms with Gasteiger partial charge in [-0.25, -0.2) is 0 Å². The summed E-state index contributed by atoms with van der Waals surface area (Å²) in [5.41, 5.74) is 3.80. The zero-order valence-electron chi connectivity index (χ0n) is 10.6. The summed E-state index contributed by atoms with van der Waals surface area (Å²) < 4.78 is 0. The molecule has 1 aliphatic rings. The molecule has 1 saturated carbocycles. The molecule has 0 aliphatic heterocycles. The Morgan fingerprint density at radius 3 is 2.72 bits per heavy atom. The molecule has 2 unspecified atom stereocenters. The summed E-state index contributed by atoms with van der Waals surface area (Å²) >= 11 is 0.